The van der Waals surface area contributed by atoms with Crippen molar-refractivity contribution < 1.29 is 14.3 Å². The molecule has 0 aliphatic carbocycles. The maximum atomic E-state index is 12.2. The predicted molar refractivity (Wildman–Crippen MR) is 76.8 cm³/mol. The number of nitrogens with zero attached hydrogens (tertiary/aromatic N) is 1. The summed E-state index contributed by atoms with van der Waals surface area (Å²) in [6, 6.07) is 9.52. The molecule has 1 amide bonds. The molecule has 0 radical (unpaired) electrons. The van der Waals surface area contributed by atoms with Gasteiger partial charge in [0.2, 0.25) is 5.91 Å². The second-order valence-electron chi connectivity index (χ2n) is 4.83. The van der Waals surface area contributed by atoms with Crippen molar-refractivity contribution in [3.8, 4) is 0 Å². The summed E-state index contributed by atoms with van der Waals surface area (Å²) in [5.74, 6) is -0.508. The first-order valence-corrected chi connectivity index (χ1v) is 6.67. The Morgan fingerprint density at radius 1 is 1.30 bits per heavy atom. The van der Waals surface area contributed by atoms with Crippen molar-refractivity contribution in [1.29, 1.82) is 0 Å². The summed E-state index contributed by atoms with van der Waals surface area (Å²) in [6.07, 6.45) is 0.937. The summed E-state index contributed by atoms with van der Waals surface area (Å²) < 4.78 is 4.64. The van der Waals surface area contributed by atoms with Crippen molar-refractivity contribution in [2.45, 2.75) is 32.4 Å². The molecule has 0 bridgehead atoms. The Morgan fingerprint density at radius 2 is 1.95 bits per heavy atom. The van der Waals surface area contributed by atoms with Crippen LogP contribution < -0.4 is 5.73 Å². The fraction of sp³-hybridized carbons (Fsp3) is 0.467. The zero-order chi connectivity index (χ0) is 15.0. The summed E-state index contributed by atoms with van der Waals surface area (Å²) in [6.45, 7) is 2.21. The number of rotatable bonds is 7. The van der Waals surface area contributed by atoms with E-state index in [0.29, 0.717) is 19.4 Å². The number of benzene rings is 1. The fourth-order valence-electron chi connectivity index (χ4n) is 1.77. The number of amides is 1. The zero-order valence-electron chi connectivity index (χ0n) is 12.0. The topological polar surface area (TPSA) is 72.6 Å². The van der Waals surface area contributed by atoms with Crippen molar-refractivity contribution in [3.63, 3.8) is 0 Å². The van der Waals surface area contributed by atoms with Crippen LogP contribution in [0.25, 0.3) is 0 Å². The van der Waals surface area contributed by atoms with Crippen LogP contribution in [-0.2, 0) is 20.9 Å². The van der Waals surface area contributed by atoms with Crippen LogP contribution in [0.1, 0.15) is 25.3 Å². The van der Waals surface area contributed by atoms with Crippen LogP contribution in [0.2, 0.25) is 0 Å². The van der Waals surface area contributed by atoms with Crippen LogP contribution >= 0.6 is 0 Å². The molecule has 1 rings (SSSR count). The third-order valence-corrected chi connectivity index (χ3v) is 2.93. The molecule has 2 N–H and O–H groups in total. The van der Waals surface area contributed by atoms with Crippen LogP contribution in [0, 0.1) is 0 Å². The Kier molecular flexibility index (Phi) is 6.73. The van der Waals surface area contributed by atoms with Gasteiger partial charge in [0.1, 0.15) is 6.54 Å². The lowest BCUT2D eigenvalue weighted by Gasteiger charge is -2.22. The monoisotopic (exact) mass is 278 g/mol. The molecule has 1 unspecified atom stereocenters. The van der Waals surface area contributed by atoms with E-state index in [1.165, 1.54) is 12.0 Å². The smallest absolute Gasteiger partial charge is 0.325 e. The molecule has 110 valence electrons. The molecule has 1 atom stereocenters. The number of esters is 1. The molecule has 1 aromatic rings. The minimum Gasteiger partial charge on any atom is -0.468 e. The number of carbonyl (C=O) groups excluding carboxylic acids is 2. The highest BCUT2D eigenvalue weighted by Crippen LogP contribution is 2.08. The quantitative estimate of drug-likeness (QED) is 0.763. The summed E-state index contributed by atoms with van der Waals surface area (Å²) >= 11 is 0. The highest BCUT2D eigenvalue weighted by Gasteiger charge is 2.18. The highest BCUT2D eigenvalue weighted by atomic mass is 16.5. The third kappa shape index (κ3) is 5.84. The lowest BCUT2D eigenvalue weighted by atomic mass is 10.1. The van der Waals surface area contributed by atoms with Crippen molar-refractivity contribution in [3.05, 3.63) is 35.9 Å². The van der Waals surface area contributed by atoms with Crippen LogP contribution in [0.4, 0.5) is 0 Å². The van der Waals surface area contributed by atoms with Gasteiger partial charge in [-0.25, -0.2) is 0 Å². The normalized spacial score (nSPS) is 11.8. The van der Waals surface area contributed by atoms with Crippen molar-refractivity contribution in [1.82, 2.24) is 4.90 Å². The Bertz CT molecular complexity index is 432. The van der Waals surface area contributed by atoms with E-state index in [4.69, 9.17) is 5.73 Å². The number of methoxy groups -OCH3 is 1. The molecule has 0 spiro atoms. The Balaban J connectivity index is 2.69. The van der Waals surface area contributed by atoms with Crippen molar-refractivity contribution in [2.24, 2.45) is 5.73 Å². The SMILES string of the molecule is COC(=O)CN(Cc1ccccc1)C(=O)CCC(C)N. The Morgan fingerprint density at radius 3 is 2.50 bits per heavy atom. The molecular formula is C15H22N2O3. The summed E-state index contributed by atoms with van der Waals surface area (Å²) in [4.78, 5) is 25.1. The molecule has 0 aliphatic rings. The van der Waals surface area contributed by atoms with E-state index < -0.39 is 5.97 Å². The number of carbonyl (C=O) groups is 2. The summed E-state index contributed by atoms with van der Waals surface area (Å²) in [5.41, 5.74) is 6.64. The van der Waals surface area contributed by atoms with Gasteiger partial charge in [-0.1, -0.05) is 30.3 Å². The van der Waals surface area contributed by atoms with E-state index in [9.17, 15) is 9.59 Å². The Hall–Kier alpha value is -1.88. The average Bonchev–Trinajstić information content (AvgIpc) is 2.44. The zero-order valence-corrected chi connectivity index (χ0v) is 12.0. The maximum absolute atomic E-state index is 12.2. The average molecular weight is 278 g/mol. The highest BCUT2D eigenvalue weighted by molar-refractivity contribution is 5.82. The molecule has 0 fully saturated rings. The van der Waals surface area contributed by atoms with Crippen molar-refractivity contribution >= 4 is 11.9 Å². The number of hydrogen-bond acceptors (Lipinski definition) is 4. The van der Waals surface area contributed by atoms with E-state index in [1.807, 2.05) is 37.3 Å². The second-order valence-corrected chi connectivity index (χ2v) is 4.83. The van der Waals surface area contributed by atoms with E-state index >= 15 is 0 Å². The molecule has 0 saturated heterocycles. The number of hydrogen-bond donors (Lipinski definition) is 1. The van der Waals surface area contributed by atoms with E-state index in [0.717, 1.165) is 5.56 Å². The fourth-order valence-corrected chi connectivity index (χ4v) is 1.77. The molecule has 1 aromatic carbocycles. The molecule has 5 nitrogen and oxygen atoms in total. The molecule has 20 heavy (non-hydrogen) atoms. The Labute approximate surface area is 119 Å². The first kappa shape index (κ1) is 16.2. The molecular weight excluding hydrogens is 256 g/mol. The molecule has 5 heteroatoms. The van der Waals surface area contributed by atoms with Gasteiger partial charge in [0.15, 0.2) is 0 Å². The second kappa shape index (κ2) is 8.32. The number of ether oxygens (including phenoxy) is 1. The van der Waals surface area contributed by atoms with Gasteiger partial charge in [-0.15, -0.1) is 0 Å². The van der Waals surface area contributed by atoms with Gasteiger partial charge in [0.25, 0.3) is 0 Å². The van der Waals surface area contributed by atoms with E-state index in [1.54, 1.807) is 0 Å². The standard InChI is InChI=1S/C15H22N2O3/c1-12(16)8-9-14(18)17(11-15(19)20-2)10-13-6-4-3-5-7-13/h3-7,12H,8-11,16H2,1-2H3. The van der Waals surface area contributed by atoms with Crippen LogP contribution in [0.15, 0.2) is 30.3 Å². The maximum Gasteiger partial charge on any atom is 0.325 e. The predicted octanol–water partition coefficient (Wildman–Crippen LogP) is 1.32. The minimum absolute atomic E-state index is 0.0318. The van der Waals surface area contributed by atoms with Crippen LogP contribution in [0.3, 0.4) is 0 Å². The van der Waals surface area contributed by atoms with E-state index in [-0.39, 0.29) is 18.5 Å². The largest absolute Gasteiger partial charge is 0.468 e. The third-order valence-electron chi connectivity index (χ3n) is 2.93. The first-order valence-electron chi connectivity index (χ1n) is 6.67. The molecule has 0 aliphatic heterocycles. The van der Waals surface area contributed by atoms with Gasteiger partial charge < -0.3 is 15.4 Å². The van der Waals surface area contributed by atoms with Gasteiger partial charge in [-0.05, 0) is 18.9 Å². The van der Waals surface area contributed by atoms with Gasteiger partial charge in [-0.3, -0.25) is 9.59 Å². The molecule has 0 heterocycles. The van der Waals surface area contributed by atoms with Gasteiger partial charge in [-0.2, -0.15) is 0 Å². The summed E-state index contributed by atoms with van der Waals surface area (Å²) in [5, 5.41) is 0. The number of nitrogens with two attached hydrogens (primary N) is 1. The van der Waals surface area contributed by atoms with Gasteiger partial charge >= 0.3 is 5.97 Å². The van der Waals surface area contributed by atoms with Crippen LogP contribution in [-0.4, -0.2) is 36.5 Å². The molecule has 0 aromatic heterocycles. The first-order chi connectivity index (χ1) is 9.52. The lowest BCUT2D eigenvalue weighted by Crippen LogP contribution is -2.36. The van der Waals surface area contributed by atoms with Crippen molar-refractivity contribution in [2.75, 3.05) is 13.7 Å². The molecule has 0 saturated carbocycles. The lowest BCUT2D eigenvalue weighted by molar-refractivity contribution is -0.147. The minimum atomic E-state index is -0.421. The van der Waals surface area contributed by atoms with Crippen LogP contribution in [0.5, 0.6) is 0 Å². The van der Waals surface area contributed by atoms with Gasteiger partial charge in [0, 0.05) is 19.0 Å². The summed E-state index contributed by atoms with van der Waals surface area (Å²) in [7, 11) is 1.31. The van der Waals surface area contributed by atoms with E-state index in [2.05, 4.69) is 4.74 Å². The van der Waals surface area contributed by atoms with Gasteiger partial charge in [0.05, 0.1) is 7.11 Å².